The molecule has 0 spiro atoms. The number of hydrogen-bond donors (Lipinski definition) is 1. The molecule has 1 aliphatic heterocycles. The first-order valence-electron chi connectivity index (χ1n) is 8.60. The first-order chi connectivity index (χ1) is 11.6. The highest BCUT2D eigenvalue weighted by Crippen LogP contribution is 2.29. The Bertz CT molecular complexity index is 609. The summed E-state index contributed by atoms with van der Waals surface area (Å²) < 4.78 is 27.3. The zero-order chi connectivity index (χ0) is 17.1. The van der Waals surface area contributed by atoms with Gasteiger partial charge < -0.3 is 10.2 Å². The van der Waals surface area contributed by atoms with E-state index in [0.29, 0.717) is 19.3 Å². The molecular formula is C18H22F2N2O2. The van der Waals surface area contributed by atoms with E-state index in [9.17, 15) is 18.4 Å². The van der Waals surface area contributed by atoms with E-state index < -0.39 is 23.1 Å². The van der Waals surface area contributed by atoms with Gasteiger partial charge in [0.15, 0.2) is 0 Å². The van der Waals surface area contributed by atoms with E-state index in [1.54, 1.807) is 0 Å². The van der Waals surface area contributed by atoms with Crippen LogP contribution in [0.25, 0.3) is 0 Å². The summed E-state index contributed by atoms with van der Waals surface area (Å²) in [6.45, 7) is 1.62. The summed E-state index contributed by atoms with van der Waals surface area (Å²) in [6.07, 6.45) is 5.17. The van der Waals surface area contributed by atoms with Crippen molar-refractivity contribution in [3.8, 4) is 0 Å². The van der Waals surface area contributed by atoms with Gasteiger partial charge in [-0.2, -0.15) is 0 Å². The number of amides is 2. The number of carbonyl (C=O) groups is 2. The maximum Gasteiger partial charge on any atom is 0.257 e. The number of benzene rings is 1. The first kappa shape index (κ1) is 16.9. The van der Waals surface area contributed by atoms with Crippen molar-refractivity contribution >= 4 is 11.8 Å². The van der Waals surface area contributed by atoms with Gasteiger partial charge in [-0.25, -0.2) is 8.78 Å². The summed E-state index contributed by atoms with van der Waals surface area (Å²) in [7, 11) is 0. The summed E-state index contributed by atoms with van der Waals surface area (Å²) in [4.78, 5) is 26.5. The monoisotopic (exact) mass is 336 g/mol. The number of piperidine rings is 1. The van der Waals surface area contributed by atoms with Crippen LogP contribution in [0.15, 0.2) is 18.2 Å². The summed E-state index contributed by atoms with van der Waals surface area (Å²) in [5.41, 5.74) is -0.552. The molecule has 1 N–H and O–H groups in total. The lowest BCUT2D eigenvalue weighted by atomic mass is 10.0. The molecule has 6 heteroatoms. The highest BCUT2D eigenvalue weighted by atomic mass is 19.1. The fourth-order valence-corrected chi connectivity index (χ4v) is 3.68. The highest BCUT2D eigenvalue weighted by Gasteiger charge is 2.34. The minimum atomic E-state index is -0.869. The molecule has 2 amide bonds. The summed E-state index contributed by atoms with van der Waals surface area (Å²) >= 11 is 0. The van der Waals surface area contributed by atoms with E-state index >= 15 is 0 Å². The highest BCUT2D eigenvalue weighted by molar-refractivity contribution is 5.95. The van der Waals surface area contributed by atoms with E-state index in [1.807, 2.05) is 4.90 Å². The Hall–Kier alpha value is -1.98. The molecule has 4 nitrogen and oxygen atoms in total. The van der Waals surface area contributed by atoms with Gasteiger partial charge in [-0.3, -0.25) is 9.59 Å². The summed E-state index contributed by atoms with van der Waals surface area (Å²) in [5, 5.41) is 2.67. The summed E-state index contributed by atoms with van der Waals surface area (Å²) in [6, 6.07) is 3.14. The molecule has 3 rings (SSSR count). The van der Waals surface area contributed by atoms with E-state index in [2.05, 4.69) is 5.32 Å². The van der Waals surface area contributed by atoms with E-state index in [1.165, 1.54) is 12.5 Å². The van der Waals surface area contributed by atoms with Crippen molar-refractivity contribution in [3.05, 3.63) is 35.4 Å². The molecule has 24 heavy (non-hydrogen) atoms. The van der Waals surface area contributed by atoms with Crippen LogP contribution in [0.1, 0.15) is 48.9 Å². The van der Waals surface area contributed by atoms with Gasteiger partial charge in [0.05, 0.1) is 0 Å². The number of hydrogen-bond acceptors (Lipinski definition) is 2. The topological polar surface area (TPSA) is 49.4 Å². The molecule has 2 fully saturated rings. The lowest BCUT2D eigenvalue weighted by Gasteiger charge is -2.29. The zero-order valence-electron chi connectivity index (χ0n) is 13.6. The minimum absolute atomic E-state index is 0.0983. The maximum atomic E-state index is 13.7. The van der Waals surface area contributed by atoms with Crippen molar-refractivity contribution in [3.63, 3.8) is 0 Å². The Morgan fingerprint density at radius 2 is 1.71 bits per heavy atom. The normalized spacial score (nSPS) is 24.0. The molecule has 130 valence electrons. The molecular weight excluding hydrogens is 314 g/mol. The molecule has 2 atom stereocenters. The second-order valence-electron chi connectivity index (χ2n) is 6.66. The van der Waals surface area contributed by atoms with Crippen LogP contribution in [0, 0.1) is 17.6 Å². The van der Waals surface area contributed by atoms with Crippen molar-refractivity contribution in [2.75, 3.05) is 13.1 Å². The second-order valence-corrected chi connectivity index (χ2v) is 6.66. The molecule has 0 radical (unpaired) electrons. The molecule has 2 aliphatic rings. The molecule has 1 aromatic rings. The number of carbonyl (C=O) groups excluding carboxylic acids is 2. The lowest BCUT2D eigenvalue weighted by molar-refractivity contribution is -0.136. The van der Waals surface area contributed by atoms with Crippen LogP contribution in [-0.4, -0.2) is 35.8 Å². The van der Waals surface area contributed by atoms with Gasteiger partial charge in [-0.15, -0.1) is 0 Å². The van der Waals surface area contributed by atoms with E-state index in [0.717, 1.165) is 38.1 Å². The van der Waals surface area contributed by atoms with Crippen LogP contribution < -0.4 is 5.32 Å². The number of nitrogens with zero attached hydrogens (tertiary/aromatic N) is 1. The molecule has 0 aromatic heterocycles. The van der Waals surface area contributed by atoms with Gasteiger partial charge in [0.25, 0.3) is 5.91 Å². The number of halogens is 2. The predicted molar refractivity (Wildman–Crippen MR) is 85.4 cm³/mol. The van der Waals surface area contributed by atoms with Crippen LogP contribution in [0.2, 0.25) is 0 Å². The van der Waals surface area contributed by atoms with Crippen molar-refractivity contribution in [1.82, 2.24) is 10.2 Å². The van der Waals surface area contributed by atoms with Crippen LogP contribution in [0.4, 0.5) is 8.78 Å². The Morgan fingerprint density at radius 1 is 1.04 bits per heavy atom. The molecule has 1 heterocycles. The lowest BCUT2D eigenvalue weighted by Crippen LogP contribution is -2.40. The standard InChI is InChI=1S/C18H22F2N2O2/c19-14-5-4-6-15(20)16(14)17(23)21-13-8-7-12(11-13)18(24)22-9-2-1-3-10-22/h4-6,12-13H,1-3,7-11H2,(H,21,23)/t12-,13+/m1/s1. The van der Waals surface area contributed by atoms with Gasteiger partial charge in [0, 0.05) is 25.0 Å². The third kappa shape index (κ3) is 3.57. The average Bonchev–Trinajstić information content (AvgIpc) is 3.03. The van der Waals surface area contributed by atoms with E-state index in [4.69, 9.17) is 0 Å². The third-order valence-electron chi connectivity index (χ3n) is 4.97. The Kier molecular flexibility index (Phi) is 5.11. The predicted octanol–water partition coefficient (Wildman–Crippen LogP) is 2.88. The minimum Gasteiger partial charge on any atom is -0.349 e. The Labute approximate surface area is 140 Å². The zero-order valence-corrected chi connectivity index (χ0v) is 13.6. The van der Waals surface area contributed by atoms with Crippen molar-refractivity contribution in [2.45, 2.75) is 44.6 Å². The Balaban J connectivity index is 1.58. The maximum absolute atomic E-state index is 13.7. The smallest absolute Gasteiger partial charge is 0.257 e. The molecule has 1 aromatic carbocycles. The quantitative estimate of drug-likeness (QED) is 0.923. The molecule has 0 bridgehead atoms. The fourth-order valence-electron chi connectivity index (χ4n) is 3.68. The van der Waals surface area contributed by atoms with Crippen molar-refractivity contribution < 1.29 is 18.4 Å². The number of nitrogens with one attached hydrogen (secondary N) is 1. The van der Waals surface area contributed by atoms with Gasteiger partial charge in [0.1, 0.15) is 17.2 Å². The molecule has 0 unspecified atom stereocenters. The number of rotatable bonds is 3. The van der Waals surface area contributed by atoms with Gasteiger partial charge in [-0.1, -0.05) is 6.07 Å². The average molecular weight is 336 g/mol. The molecule has 1 saturated heterocycles. The van der Waals surface area contributed by atoms with Crippen molar-refractivity contribution in [1.29, 1.82) is 0 Å². The SMILES string of the molecule is O=C(N[C@H]1CC[C@@H](C(=O)N2CCCCC2)C1)c1c(F)cccc1F. The van der Waals surface area contributed by atoms with Gasteiger partial charge in [0.2, 0.25) is 5.91 Å². The van der Waals surface area contributed by atoms with Gasteiger partial charge >= 0.3 is 0 Å². The Morgan fingerprint density at radius 3 is 2.38 bits per heavy atom. The number of likely N-dealkylation sites (tertiary alicyclic amines) is 1. The molecule has 1 saturated carbocycles. The first-order valence-corrected chi connectivity index (χ1v) is 8.60. The van der Waals surface area contributed by atoms with Crippen LogP contribution in [-0.2, 0) is 4.79 Å². The van der Waals surface area contributed by atoms with Crippen LogP contribution in [0.3, 0.4) is 0 Å². The fraction of sp³-hybridized carbons (Fsp3) is 0.556. The van der Waals surface area contributed by atoms with E-state index in [-0.39, 0.29) is 17.9 Å². The van der Waals surface area contributed by atoms with Crippen LogP contribution >= 0.6 is 0 Å². The third-order valence-corrected chi connectivity index (χ3v) is 4.97. The van der Waals surface area contributed by atoms with Crippen LogP contribution in [0.5, 0.6) is 0 Å². The van der Waals surface area contributed by atoms with Gasteiger partial charge in [-0.05, 0) is 50.7 Å². The van der Waals surface area contributed by atoms with Crippen molar-refractivity contribution in [2.24, 2.45) is 5.92 Å². The second kappa shape index (κ2) is 7.28. The molecule has 1 aliphatic carbocycles. The largest absolute Gasteiger partial charge is 0.349 e. The summed E-state index contributed by atoms with van der Waals surface area (Å²) in [5.74, 6) is -2.43.